The van der Waals surface area contributed by atoms with E-state index in [1.807, 2.05) is 0 Å². The Morgan fingerprint density at radius 3 is 2.53 bits per heavy atom. The maximum absolute atomic E-state index is 6.14. The van der Waals surface area contributed by atoms with Crippen LogP contribution in [0.1, 0.15) is 34.4 Å². The van der Waals surface area contributed by atoms with Gasteiger partial charge in [0, 0.05) is 23.1 Å². The molecule has 1 aliphatic rings. The van der Waals surface area contributed by atoms with Crippen molar-refractivity contribution >= 4 is 27.5 Å². The summed E-state index contributed by atoms with van der Waals surface area (Å²) in [7, 11) is 0. The molecule has 1 aliphatic heterocycles. The molecule has 1 heterocycles. The molecule has 1 atom stereocenters. The Balaban J connectivity index is 2.23. The van der Waals surface area contributed by atoms with Gasteiger partial charge in [0.25, 0.3) is 0 Å². The van der Waals surface area contributed by atoms with Crippen LogP contribution in [0.25, 0.3) is 0 Å². The van der Waals surface area contributed by atoms with Crippen LogP contribution < -0.4 is 0 Å². The van der Waals surface area contributed by atoms with Gasteiger partial charge < -0.3 is 4.74 Å². The average Bonchev–Trinajstić information content (AvgIpc) is 2.34. The number of hydrogen-bond donors (Lipinski definition) is 0. The molecule has 3 heteroatoms. The highest BCUT2D eigenvalue weighted by atomic mass is 79.9. The highest BCUT2D eigenvalue weighted by Gasteiger charge is 2.24. The number of rotatable bonds is 2. The van der Waals surface area contributed by atoms with Crippen molar-refractivity contribution in [2.75, 3.05) is 13.2 Å². The van der Waals surface area contributed by atoms with E-state index in [4.69, 9.17) is 16.3 Å². The minimum absolute atomic E-state index is 0.419. The number of ether oxygens (including phenoxy) is 1. The standard InChI is InChI=1S/C14H18BrClO/c1-9-8-13(16)10(2)7-12(9)14(15)11-3-5-17-6-4-11/h7-8,11,14H,3-6H2,1-2H3. The molecule has 0 aromatic heterocycles. The third kappa shape index (κ3) is 3.04. The second kappa shape index (κ2) is 5.73. The first-order valence-electron chi connectivity index (χ1n) is 6.08. The molecule has 1 nitrogen and oxygen atoms in total. The molecule has 17 heavy (non-hydrogen) atoms. The van der Waals surface area contributed by atoms with Crippen molar-refractivity contribution in [2.45, 2.75) is 31.5 Å². The van der Waals surface area contributed by atoms with E-state index >= 15 is 0 Å². The van der Waals surface area contributed by atoms with Crippen LogP contribution in [0.3, 0.4) is 0 Å². The Kier molecular flexibility index (Phi) is 4.51. The molecule has 0 spiro atoms. The Labute approximate surface area is 117 Å². The molecule has 1 fully saturated rings. The topological polar surface area (TPSA) is 9.23 Å². The van der Waals surface area contributed by atoms with Crippen LogP contribution >= 0.6 is 27.5 Å². The van der Waals surface area contributed by atoms with Crippen molar-refractivity contribution in [1.82, 2.24) is 0 Å². The molecule has 0 amide bonds. The average molecular weight is 318 g/mol. The zero-order valence-corrected chi connectivity index (χ0v) is 12.6. The maximum Gasteiger partial charge on any atom is 0.0469 e. The van der Waals surface area contributed by atoms with Gasteiger partial charge >= 0.3 is 0 Å². The van der Waals surface area contributed by atoms with Crippen molar-refractivity contribution in [1.29, 1.82) is 0 Å². The molecule has 0 radical (unpaired) electrons. The number of alkyl halides is 1. The van der Waals surface area contributed by atoms with Gasteiger partial charge in [-0.15, -0.1) is 0 Å². The summed E-state index contributed by atoms with van der Waals surface area (Å²) in [5.41, 5.74) is 3.80. The van der Waals surface area contributed by atoms with Crippen LogP contribution in [-0.4, -0.2) is 13.2 Å². The lowest BCUT2D eigenvalue weighted by molar-refractivity contribution is 0.0661. The lowest BCUT2D eigenvalue weighted by atomic mass is 9.89. The lowest BCUT2D eigenvalue weighted by Crippen LogP contribution is -2.19. The molecule has 94 valence electrons. The third-order valence-electron chi connectivity index (χ3n) is 3.52. The molecule has 1 saturated heterocycles. The molecule has 0 bridgehead atoms. The number of halogens is 2. The smallest absolute Gasteiger partial charge is 0.0469 e. The van der Waals surface area contributed by atoms with Gasteiger partial charge in [0.15, 0.2) is 0 Å². The maximum atomic E-state index is 6.14. The third-order valence-corrected chi connectivity index (χ3v) is 5.17. The van der Waals surface area contributed by atoms with Crippen LogP contribution in [0.2, 0.25) is 5.02 Å². The van der Waals surface area contributed by atoms with Crippen molar-refractivity contribution in [3.8, 4) is 0 Å². The van der Waals surface area contributed by atoms with Gasteiger partial charge in [-0.2, -0.15) is 0 Å². The fourth-order valence-electron chi connectivity index (χ4n) is 2.36. The quantitative estimate of drug-likeness (QED) is 0.711. The highest BCUT2D eigenvalue weighted by Crippen LogP contribution is 2.39. The molecule has 0 N–H and O–H groups in total. The summed E-state index contributed by atoms with van der Waals surface area (Å²) in [5.74, 6) is 0.669. The predicted molar refractivity (Wildman–Crippen MR) is 76.1 cm³/mol. The van der Waals surface area contributed by atoms with E-state index in [9.17, 15) is 0 Å². The van der Waals surface area contributed by atoms with Gasteiger partial charge in [-0.3, -0.25) is 0 Å². The first-order valence-corrected chi connectivity index (χ1v) is 7.37. The van der Waals surface area contributed by atoms with E-state index < -0.39 is 0 Å². The van der Waals surface area contributed by atoms with Crippen LogP contribution in [0, 0.1) is 19.8 Å². The SMILES string of the molecule is Cc1cc(C(Br)C2CCOCC2)c(C)cc1Cl. The van der Waals surface area contributed by atoms with Crippen LogP contribution in [-0.2, 0) is 4.74 Å². The van der Waals surface area contributed by atoms with Crippen LogP contribution in [0.5, 0.6) is 0 Å². The van der Waals surface area contributed by atoms with E-state index in [0.717, 1.165) is 36.6 Å². The monoisotopic (exact) mass is 316 g/mol. The molecular weight excluding hydrogens is 300 g/mol. The van der Waals surface area contributed by atoms with Crippen molar-refractivity contribution < 1.29 is 4.74 Å². The normalized spacial score (nSPS) is 19.3. The van der Waals surface area contributed by atoms with Crippen molar-refractivity contribution in [3.05, 3.63) is 33.8 Å². The Hall–Kier alpha value is -0.0500. The van der Waals surface area contributed by atoms with E-state index in [-0.39, 0.29) is 0 Å². The molecular formula is C14H18BrClO. The van der Waals surface area contributed by atoms with E-state index in [2.05, 4.69) is 41.9 Å². The zero-order chi connectivity index (χ0) is 12.4. The summed E-state index contributed by atoms with van der Waals surface area (Å²) in [6.45, 7) is 5.97. The fourth-order valence-corrected chi connectivity index (χ4v) is 3.60. The van der Waals surface area contributed by atoms with Gasteiger partial charge in [0.1, 0.15) is 0 Å². The van der Waals surface area contributed by atoms with Crippen molar-refractivity contribution in [2.24, 2.45) is 5.92 Å². The Bertz CT molecular complexity index is 399. The van der Waals surface area contributed by atoms with Gasteiger partial charge in [-0.25, -0.2) is 0 Å². The molecule has 0 aliphatic carbocycles. The lowest BCUT2D eigenvalue weighted by Gasteiger charge is -2.28. The van der Waals surface area contributed by atoms with Crippen LogP contribution in [0.15, 0.2) is 12.1 Å². The summed E-state index contributed by atoms with van der Waals surface area (Å²) in [6, 6.07) is 4.28. The number of benzene rings is 1. The highest BCUT2D eigenvalue weighted by molar-refractivity contribution is 9.09. The molecule has 1 aromatic rings. The van der Waals surface area contributed by atoms with E-state index in [1.54, 1.807) is 0 Å². The molecule has 2 rings (SSSR count). The largest absolute Gasteiger partial charge is 0.381 e. The summed E-state index contributed by atoms with van der Waals surface area (Å²) in [4.78, 5) is 0.419. The predicted octanol–water partition coefficient (Wildman–Crippen LogP) is 4.82. The second-order valence-electron chi connectivity index (χ2n) is 4.81. The van der Waals surface area contributed by atoms with Gasteiger partial charge in [0.05, 0.1) is 0 Å². The van der Waals surface area contributed by atoms with Crippen molar-refractivity contribution in [3.63, 3.8) is 0 Å². The molecule has 0 saturated carbocycles. The Morgan fingerprint density at radius 2 is 1.88 bits per heavy atom. The van der Waals surface area contributed by atoms with Gasteiger partial charge in [-0.1, -0.05) is 33.6 Å². The number of hydrogen-bond acceptors (Lipinski definition) is 1. The van der Waals surface area contributed by atoms with E-state index in [1.165, 1.54) is 11.1 Å². The minimum atomic E-state index is 0.419. The zero-order valence-electron chi connectivity index (χ0n) is 10.3. The summed E-state index contributed by atoms with van der Waals surface area (Å²) >= 11 is 10.00. The Morgan fingerprint density at radius 1 is 1.24 bits per heavy atom. The fraction of sp³-hybridized carbons (Fsp3) is 0.571. The summed E-state index contributed by atoms with van der Waals surface area (Å²) < 4.78 is 5.42. The molecule has 1 unspecified atom stereocenters. The van der Waals surface area contributed by atoms with Gasteiger partial charge in [0.2, 0.25) is 0 Å². The first kappa shape index (κ1) is 13.4. The van der Waals surface area contributed by atoms with E-state index in [0.29, 0.717) is 10.7 Å². The van der Waals surface area contributed by atoms with Crippen LogP contribution in [0.4, 0.5) is 0 Å². The summed E-state index contributed by atoms with van der Waals surface area (Å²) in [6.07, 6.45) is 2.27. The molecule has 1 aromatic carbocycles. The van der Waals surface area contributed by atoms with Gasteiger partial charge in [-0.05, 0) is 55.4 Å². The summed E-state index contributed by atoms with van der Waals surface area (Å²) in [5, 5.41) is 0.859. The second-order valence-corrected chi connectivity index (χ2v) is 6.20. The first-order chi connectivity index (χ1) is 8.09. The number of aryl methyl sites for hydroxylation is 2. The minimum Gasteiger partial charge on any atom is -0.381 e.